The van der Waals surface area contributed by atoms with E-state index >= 15 is 0 Å². The van der Waals surface area contributed by atoms with Gasteiger partial charge < -0.3 is 15.4 Å². The maximum atomic E-state index is 12.5. The highest BCUT2D eigenvalue weighted by Crippen LogP contribution is 2.25. The maximum absolute atomic E-state index is 12.5. The highest BCUT2D eigenvalue weighted by molar-refractivity contribution is 5.91. The molecular formula is C22H25N5O2. The second-order valence-electron chi connectivity index (χ2n) is 7.27. The van der Waals surface area contributed by atoms with E-state index in [4.69, 9.17) is 4.74 Å². The predicted octanol–water partition coefficient (Wildman–Crippen LogP) is 3.23. The molecule has 7 nitrogen and oxygen atoms in total. The van der Waals surface area contributed by atoms with E-state index in [0.29, 0.717) is 18.3 Å². The molecule has 1 aromatic heterocycles. The van der Waals surface area contributed by atoms with Gasteiger partial charge in [0.1, 0.15) is 11.5 Å². The van der Waals surface area contributed by atoms with Crippen LogP contribution in [0.25, 0.3) is 0 Å². The zero-order valence-electron chi connectivity index (χ0n) is 16.5. The predicted molar refractivity (Wildman–Crippen MR) is 110 cm³/mol. The van der Waals surface area contributed by atoms with Gasteiger partial charge in [0.05, 0.1) is 12.2 Å². The molecule has 1 saturated heterocycles. The van der Waals surface area contributed by atoms with Crippen molar-refractivity contribution in [2.75, 3.05) is 13.1 Å². The van der Waals surface area contributed by atoms with Crippen LogP contribution < -0.4 is 15.4 Å². The Morgan fingerprint density at radius 2 is 1.93 bits per heavy atom. The fraction of sp³-hybridized carbons (Fsp3) is 0.318. The van der Waals surface area contributed by atoms with Crippen molar-refractivity contribution in [2.24, 2.45) is 0 Å². The number of carbonyl (C=O) groups is 1. The molecule has 0 bridgehead atoms. The summed E-state index contributed by atoms with van der Waals surface area (Å²) in [5.74, 6) is 1.24. The van der Waals surface area contributed by atoms with Crippen molar-refractivity contribution < 1.29 is 9.53 Å². The third kappa shape index (κ3) is 4.81. The lowest BCUT2D eigenvalue weighted by Crippen LogP contribution is -2.29. The number of hydrogen-bond donors (Lipinski definition) is 2. The summed E-state index contributed by atoms with van der Waals surface area (Å²) in [6.07, 6.45) is 3.72. The Hall–Kier alpha value is -3.19. The van der Waals surface area contributed by atoms with Crippen LogP contribution in [-0.2, 0) is 6.54 Å². The molecule has 150 valence electrons. The van der Waals surface area contributed by atoms with Crippen molar-refractivity contribution in [3.05, 3.63) is 71.5 Å². The SMILES string of the molecule is Cc1ccc(Oc2ccccc2CNC(=O)c2cn(C3CCNCC3)nn2)cc1. The van der Waals surface area contributed by atoms with Crippen LogP contribution >= 0.6 is 0 Å². The molecule has 2 N–H and O–H groups in total. The normalized spacial score (nSPS) is 14.5. The number of rotatable bonds is 6. The molecule has 1 aliphatic heterocycles. The Kier molecular flexibility index (Phi) is 5.86. The second kappa shape index (κ2) is 8.87. The van der Waals surface area contributed by atoms with Gasteiger partial charge in [-0.05, 0) is 51.1 Å². The number of nitrogens with zero attached hydrogens (tertiary/aromatic N) is 3. The quantitative estimate of drug-likeness (QED) is 0.674. The highest BCUT2D eigenvalue weighted by atomic mass is 16.5. The summed E-state index contributed by atoms with van der Waals surface area (Å²) in [5, 5.41) is 14.4. The van der Waals surface area contributed by atoms with Crippen molar-refractivity contribution in [3.8, 4) is 11.5 Å². The van der Waals surface area contributed by atoms with E-state index in [1.165, 1.54) is 5.56 Å². The molecule has 0 unspecified atom stereocenters. The van der Waals surface area contributed by atoms with Gasteiger partial charge in [-0.25, -0.2) is 4.68 Å². The van der Waals surface area contributed by atoms with Crippen LogP contribution in [0.15, 0.2) is 54.7 Å². The molecule has 7 heteroatoms. The molecule has 2 heterocycles. The average molecular weight is 391 g/mol. The van der Waals surface area contributed by atoms with Gasteiger partial charge in [-0.1, -0.05) is 41.1 Å². The molecule has 3 aromatic rings. The lowest BCUT2D eigenvalue weighted by Gasteiger charge is -2.22. The first-order valence-corrected chi connectivity index (χ1v) is 9.92. The van der Waals surface area contributed by atoms with E-state index in [2.05, 4.69) is 20.9 Å². The Morgan fingerprint density at radius 3 is 2.72 bits per heavy atom. The number of ether oxygens (including phenoxy) is 1. The van der Waals surface area contributed by atoms with E-state index in [0.717, 1.165) is 43.0 Å². The summed E-state index contributed by atoms with van der Waals surface area (Å²) >= 11 is 0. The maximum Gasteiger partial charge on any atom is 0.273 e. The van der Waals surface area contributed by atoms with Gasteiger partial charge in [0.25, 0.3) is 5.91 Å². The lowest BCUT2D eigenvalue weighted by molar-refractivity contribution is 0.0945. The molecule has 0 saturated carbocycles. The summed E-state index contributed by atoms with van der Waals surface area (Å²) in [4.78, 5) is 12.5. The molecule has 0 aliphatic carbocycles. The van der Waals surface area contributed by atoms with Crippen molar-refractivity contribution >= 4 is 5.91 Å². The zero-order chi connectivity index (χ0) is 20.1. The monoisotopic (exact) mass is 391 g/mol. The highest BCUT2D eigenvalue weighted by Gasteiger charge is 2.19. The van der Waals surface area contributed by atoms with Crippen LogP contribution in [0.3, 0.4) is 0 Å². The van der Waals surface area contributed by atoms with Crippen molar-refractivity contribution in [1.29, 1.82) is 0 Å². The first kappa shape index (κ1) is 19.1. The van der Waals surface area contributed by atoms with Crippen molar-refractivity contribution in [1.82, 2.24) is 25.6 Å². The van der Waals surface area contributed by atoms with Crippen LogP contribution in [-0.4, -0.2) is 34.0 Å². The minimum Gasteiger partial charge on any atom is -0.457 e. The third-order valence-corrected chi connectivity index (χ3v) is 5.09. The summed E-state index contributed by atoms with van der Waals surface area (Å²) in [7, 11) is 0. The number of aromatic nitrogens is 3. The zero-order valence-corrected chi connectivity index (χ0v) is 16.5. The summed E-state index contributed by atoms with van der Waals surface area (Å²) in [5.41, 5.74) is 2.41. The second-order valence-corrected chi connectivity index (χ2v) is 7.27. The Labute approximate surface area is 170 Å². The van der Waals surface area contributed by atoms with Crippen LogP contribution in [0.2, 0.25) is 0 Å². The van der Waals surface area contributed by atoms with Crippen LogP contribution in [0, 0.1) is 6.92 Å². The molecule has 0 radical (unpaired) electrons. The Bertz CT molecular complexity index is 961. The van der Waals surface area contributed by atoms with Crippen LogP contribution in [0.5, 0.6) is 11.5 Å². The molecule has 0 spiro atoms. The molecule has 1 amide bonds. The van der Waals surface area contributed by atoms with E-state index < -0.39 is 0 Å². The van der Waals surface area contributed by atoms with Crippen LogP contribution in [0.4, 0.5) is 0 Å². The van der Waals surface area contributed by atoms with E-state index in [9.17, 15) is 4.79 Å². The lowest BCUT2D eigenvalue weighted by atomic mass is 10.1. The molecule has 0 atom stereocenters. The minimum atomic E-state index is -0.240. The van der Waals surface area contributed by atoms with E-state index in [-0.39, 0.29) is 5.91 Å². The molecule has 1 fully saturated rings. The number of aryl methyl sites for hydroxylation is 1. The van der Waals surface area contributed by atoms with Crippen molar-refractivity contribution in [3.63, 3.8) is 0 Å². The van der Waals surface area contributed by atoms with Gasteiger partial charge in [0.2, 0.25) is 0 Å². The number of hydrogen-bond acceptors (Lipinski definition) is 5. The molecule has 29 heavy (non-hydrogen) atoms. The van der Waals surface area contributed by atoms with E-state index in [1.807, 2.05) is 60.1 Å². The Morgan fingerprint density at radius 1 is 1.17 bits per heavy atom. The van der Waals surface area contributed by atoms with E-state index in [1.54, 1.807) is 6.20 Å². The number of amides is 1. The summed E-state index contributed by atoms with van der Waals surface area (Å²) in [6.45, 7) is 4.31. The van der Waals surface area contributed by atoms with Gasteiger partial charge in [0.15, 0.2) is 5.69 Å². The fourth-order valence-electron chi connectivity index (χ4n) is 3.38. The topological polar surface area (TPSA) is 81.1 Å². The average Bonchev–Trinajstić information content (AvgIpc) is 3.26. The van der Waals surface area contributed by atoms with Gasteiger partial charge in [0, 0.05) is 12.1 Å². The van der Waals surface area contributed by atoms with Gasteiger partial charge in [-0.15, -0.1) is 5.10 Å². The number of nitrogens with one attached hydrogen (secondary N) is 2. The smallest absolute Gasteiger partial charge is 0.273 e. The number of benzene rings is 2. The third-order valence-electron chi connectivity index (χ3n) is 5.09. The largest absolute Gasteiger partial charge is 0.457 e. The first-order valence-electron chi connectivity index (χ1n) is 9.92. The fourth-order valence-corrected chi connectivity index (χ4v) is 3.38. The number of para-hydroxylation sites is 1. The molecule has 2 aromatic carbocycles. The van der Waals surface area contributed by atoms with Crippen molar-refractivity contribution in [2.45, 2.75) is 32.4 Å². The molecule has 1 aliphatic rings. The van der Waals surface area contributed by atoms with Gasteiger partial charge in [-0.2, -0.15) is 0 Å². The standard InChI is InChI=1S/C22H25N5O2/c1-16-6-8-19(9-7-16)29-21-5-3-2-4-17(21)14-24-22(28)20-15-27(26-25-20)18-10-12-23-13-11-18/h2-9,15,18,23H,10-14H2,1H3,(H,24,28). The number of carbonyl (C=O) groups excluding carboxylic acids is 1. The van der Waals surface area contributed by atoms with Crippen LogP contribution in [0.1, 0.15) is 40.5 Å². The molecular weight excluding hydrogens is 366 g/mol. The van der Waals surface area contributed by atoms with Gasteiger partial charge in [-0.3, -0.25) is 4.79 Å². The first-order chi connectivity index (χ1) is 14.2. The minimum absolute atomic E-state index is 0.240. The number of piperidine rings is 1. The van der Waals surface area contributed by atoms with Gasteiger partial charge >= 0.3 is 0 Å². The molecule has 4 rings (SSSR count). The Balaban J connectivity index is 1.39. The summed E-state index contributed by atoms with van der Waals surface area (Å²) < 4.78 is 7.81. The summed E-state index contributed by atoms with van der Waals surface area (Å²) in [6, 6.07) is 15.9.